The number of rotatable bonds is 10. The molecule has 0 saturated carbocycles. The molecule has 2 atom stereocenters. The van der Waals surface area contributed by atoms with E-state index in [9.17, 15) is 8.78 Å². The molecule has 0 aromatic heterocycles. The van der Waals surface area contributed by atoms with Gasteiger partial charge in [0.25, 0.3) is 0 Å². The third-order valence-electron chi connectivity index (χ3n) is 7.09. The third kappa shape index (κ3) is 6.18. The molecule has 4 rings (SSSR count). The van der Waals surface area contributed by atoms with Crippen LogP contribution < -0.4 is 4.74 Å². The van der Waals surface area contributed by atoms with Gasteiger partial charge in [0.1, 0.15) is 0 Å². The van der Waals surface area contributed by atoms with Crippen LogP contribution in [0.1, 0.15) is 70.3 Å². The maximum Gasteiger partial charge on any atom is 0.201 e. The van der Waals surface area contributed by atoms with Crippen molar-refractivity contribution < 1.29 is 27.0 Å². The second kappa shape index (κ2) is 12.6. The van der Waals surface area contributed by atoms with Crippen LogP contribution in [0.3, 0.4) is 0 Å². The zero-order valence-electron chi connectivity index (χ0n) is 21.5. The SMILES string of the molecule is CCCCCOc1ccc(-c2ccc(-c3ccc(C4CCC(CCC)OC4)c(F)c3F)cc2)c(F)c1F. The fraction of sp³-hybridized carbons (Fsp3) is 0.419. The maximum atomic E-state index is 15.1. The summed E-state index contributed by atoms with van der Waals surface area (Å²) in [6.45, 7) is 4.87. The molecule has 1 fully saturated rings. The van der Waals surface area contributed by atoms with Gasteiger partial charge in [-0.25, -0.2) is 13.2 Å². The first kappa shape index (κ1) is 27.2. The van der Waals surface area contributed by atoms with Crippen LogP contribution in [0.5, 0.6) is 5.75 Å². The summed E-state index contributed by atoms with van der Waals surface area (Å²) in [6, 6.07) is 12.4. The third-order valence-corrected chi connectivity index (χ3v) is 7.09. The van der Waals surface area contributed by atoms with E-state index in [1.165, 1.54) is 12.1 Å². The second-order valence-electron chi connectivity index (χ2n) is 9.72. The predicted octanol–water partition coefficient (Wildman–Crippen LogP) is 9.21. The lowest BCUT2D eigenvalue weighted by atomic mass is 9.88. The number of benzene rings is 3. The molecule has 0 radical (unpaired) electrons. The van der Waals surface area contributed by atoms with Crippen LogP contribution in [-0.2, 0) is 4.74 Å². The van der Waals surface area contributed by atoms with Crippen LogP contribution in [0.15, 0.2) is 48.5 Å². The molecule has 0 N–H and O–H groups in total. The van der Waals surface area contributed by atoms with Crippen molar-refractivity contribution in [1.82, 2.24) is 0 Å². The molecule has 1 heterocycles. The van der Waals surface area contributed by atoms with Crippen molar-refractivity contribution >= 4 is 0 Å². The molecule has 1 aliphatic heterocycles. The van der Waals surface area contributed by atoms with Gasteiger partial charge in [-0.05, 0) is 54.5 Å². The van der Waals surface area contributed by atoms with Crippen molar-refractivity contribution in [2.75, 3.05) is 13.2 Å². The number of ether oxygens (including phenoxy) is 2. The Morgan fingerprint density at radius 3 is 1.97 bits per heavy atom. The molecule has 6 heteroatoms. The summed E-state index contributed by atoms with van der Waals surface area (Å²) >= 11 is 0. The van der Waals surface area contributed by atoms with Gasteiger partial charge in [0.05, 0.1) is 19.3 Å². The topological polar surface area (TPSA) is 18.5 Å². The fourth-order valence-electron chi connectivity index (χ4n) is 4.93. The molecular formula is C31H34F4O2. The second-order valence-corrected chi connectivity index (χ2v) is 9.72. The molecule has 0 aliphatic carbocycles. The molecule has 3 aromatic carbocycles. The molecule has 2 nitrogen and oxygen atoms in total. The molecule has 3 aromatic rings. The van der Waals surface area contributed by atoms with E-state index in [1.54, 1.807) is 36.4 Å². The van der Waals surface area contributed by atoms with Gasteiger partial charge in [0, 0.05) is 17.0 Å². The highest BCUT2D eigenvalue weighted by Crippen LogP contribution is 2.36. The van der Waals surface area contributed by atoms with E-state index in [0.717, 1.165) is 44.9 Å². The van der Waals surface area contributed by atoms with E-state index >= 15 is 8.78 Å². The molecule has 0 amide bonds. The number of halogens is 4. The standard InChI is InChI=1S/C31H34F4O2/c1-3-5-6-18-36-27-17-16-25(30(34)31(27)35)21-10-8-20(9-11-21)24-14-15-26(29(33)28(24)32)22-12-13-23(7-4-2)37-19-22/h8-11,14-17,22-23H,3-7,12-13,18-19H2,1-2H3. The van der Waals surface area contributed by atoms with Crippen LogP contribution >= 0.6 is 0 Å². The van der Waals surface area contributed by atoms with Gasteiger partial charge in [-0.3, -0.25) is 0 Å². The Morgan fingerprint density at radius 1 is 0.730 bits per heavy atom. The molecule has 198 valence electrons. The van der Waals surface area contributed by atoms with Gasteiger partial charge in [-0.2, -0.15) is 4.39 Å². The lowest BCUT2D eigenvalue weighted by Crippen LogP contribution is -2.25. The number of hydrogen-bond acceptors (Lipinski definition) is 2. The smallest absolute Gasteiger partial charge is 0.201 e. The van der Waals surface area contributed by atoms with E-state index in [0.29, 0.717) is 29.9 Å². The van der Waals surface area contributed by atoms with Gasteiger partial charge in [-0.1, -0.05) is 69.5 Å². The van der Waals surface area contributed by atoms with E-state index in [1.807, 2.05) is 0 Å². The summed E-state index contributed by atoms with van der Waals surface area (Å²) in [6.07, 6.45) is 6.54. The highest BCUT2D eigenvalue weighted by Gasteiger charge is 2.27. The molecular weight excluding hydrogens is 480 g/mol. The highest BCUT2D eigenvalue weighted by atomic mass is 19.2. The van der Waals surface area contributed by atoms with Crippen molar-refractivity contribution in [2.24, 2.45) is 0 Å². The number of hydrogen-bond donors (Lipinski definition) is 0. The molecule has 0 bridgehead atoms. The summed E-state index contributed by atoms with van der Waals surface area (Å²) in [5.41, 5.74) is 1.41. The van der Waals surface area contributed by atoms with Crippen molar-refractivity contribution in [1.29, 1.82) is 0 Å². The Hall–Kier alpha value is -2.86. The van der Waals surface area contributed by atoms with Crippen molar-refractivity contribution in [3.63, 3.8) is 0 Å². The zero-order valence-corrected chi connectivity index (χ0v) is 21.5. The molecule has 1 aliphatic rings. The van der Waals surface area contributed by atoms with Crippen molar-refractivity contribution in [3.05, 3.63) is 77.4 Å². The Balaban J connectivity index is 1.50. The van der Waals surface area contributed by atoms with E-state index in [2.05, 4.69) is 13.8 Å². The summed E-state index contributed by atoms with van der Waals surface area (Å²) < 4.78 is 70.7. The van der Waals surface area contributed by atoms with Gasteiger partial charge in [-0.15, -0.1) is 0 Å². The minimum absolute atomic E-state index is 0.0747. The van der Waals surface area contributed by atoms with Crippen molar-refractivity contribution in [2.45, 2.75) is 70.8 Å². The Bertz CT molecular complexity index is 1180. The van der Waals surface area contributed by atoms with Crippen LogP contribution in [0, 0.1) is 23.3 Å². The van der Waals surface area contributed by atoms with E-state index in [-0.39, 0.29) is 28.9 Å². The Labute approximate surface area is 216 Å². The van der Waals surface area contributed by atoms with Gasteiger partial charge >= 0.3 is 0 Å². The molecule has 2 unspecified atom stereocenters. The minimum atomic E-state index is -1.03. The Kier molecular flexibility index (Phi) is 9.25. The van der Waals surface area contributed by atoms with Crippen LogP contribution in [0.2, 0.25) is 0 Å². The van der Waals surface area contributed by atoms with Crippen LogP contribution in [0.25, 0.3) is 22.3 Å². The lowest BCUT2D eigenvalue weighted by molar-refractivity contribution is -0.00181. The van der Waals surface area contributed by atoms with E-state index in [4.69, 9.17) is 9.47 Å². The fourth-order valence-corrected chi connectivity index (χ4v) is 4.93. The number of unbranched alkanes of at least 4 members (excludes halogenated alkanes) is 2. The first-order valence-electron chi connectivity index (χ1n) is 13.3. The average molecular weight is 515 g/mol. The predicted molar refractivity (Wildman–Crippen MR) is 139 cm³/mol. The summed E-state index contributed by atoms with van der Waals surface area (Å²) in [5, 5.41) is 0. The summed E-state index contributed by atoms with van der Waals surface area (Å²) in [5.74, 6) is -4.09. The lowest BCUT2D eigenvalue weighted by Gasteiger charge is -2.29. The van der Waals surface area contributed by atoms with Gasteiger partial charge in [0.2, 0.25) is 5.82 Å². The van der Waals surface area contributed by atoms with E-state index < -0.39 is 23.3 Å². The van der Waals surface area contributed by atoms with Gasteiger partial charge in [0.15, 0.2) is 23.2 Å². The first-order valence-corrected chi connectivity index (χ1v) is 13.3. The average Bonchev–Trinajstić information content (AvgIpc) is 2.91. The quantitative estimate of drug-likeness (QED) is 0.198. The summed E-state index contributed by atoms with van der Waals surface area (Å²) in [7, 11) is 0. The van der Waals surface area contributed by atoms with Crippen molar-refractivity contribution in [3.8, 4) is 28.0 Å². The monoisotopic (exact) mass is 514 g/mol. The van der Waals surface area contributed by atoms with Crippen LogP contribution in [0.4, 0.5) is 17.6 Å². The highest BCUT2D eigenvalue weighted by molar-refractivity contribution is 5.72. The molecule has 37 heavy (non-hydrogen) atoms. The minimum Gasteiger partial charge on any atom is -0.490 e. The summed E-state index contributed by atoms with van der Waals surface area (Å²) in [4.78, 5) is 0. The van der Waals surface area contributed by atoms with Crippen LogP contribution in [-0.4, -0.2) is 19.3 Å². The maximum absolute atomic E-state index is 15.1. The first-order chi connectivity index (χ1) is 17.9. The van der Waals surface area contributed by atoms with Gasteiger partial charge < -0.3 is 9.47 Å². The zero-order chi connectivity index (χ0) is 26.4. The largest absolute Gasteiger partial charge is 0.490 e. The molecule has 0 spiro atoms. The molecule has 1 saturated heterocycles. The Morgan fingerprint density at radius 2 is 1.38 bits per heavy atom. The normalized spacial score (nSPS) is 17.7.